The maximum absolute atomic E-state index is 13.5. The average molecular weight is 975 g/mol. The molecular weight excluding hydrogens is 885 g/mol. The van der Waals surface area contributed by atoms with Crippen molar-refractivity contribution in [2.45, 2.75) is 207 Å². The molecule has 0 unspecified atom stereocenters. The lowest BCUT2D eigenvalue weighted by atomic mass is 9.43. The molecule has 0 heterocycles. The highest BCUT2D eigenvalue weighted by Crippen LogP contribution is 2.70. The molecule has 8 saturated carbocycles. The molecule has 8 aliphatic carbocycles. The molecule has 1 aromatic rings. The number of carbonyl (C=O) groups excluding carboxylic acids is 3. The van der Waals surface area contributed by atoms with Crippen LogP contribution in [0.4, 0.5) is 0 Å². The van der Waals surface area contributed by atoms with Crippen molar-refractivity contribution in [1.29, 1.82) is 0 Å². The van der Waals surface area contributed by atoms with Gasteiger partial charge in [0.15, 0.2) is 0 Å². The summed E-state index contributed by atoms with van der Waals surface area (Å²) in [4.78, 5) is 39.7. The van der Waals surface area contributed by atoms with Gasteiger partial charge in [-0.1, -0.05) is 47.6 Å². The summed E-state index contributed by atoms with van der Waals surface area (Å²) in [5.41, 5.74) is 1.19. The fraction of sp³-hybridized carbons (Fsp3) is 0.845. The molecule has 1 aromatic carbocycles. The quantitative estimate of drug-likeness (QED) is 0.0917. The Morgan fingerprint density at radius 2 is 1.00 bits per heavy atom. The summed E-state index contributed by atoms with van der Waals surface area (Å²) in [5.74, 6) is 1.97. The second-order valence-electron chi connectivity index (χ2n) is 26.2. The number of nitrogens with one attached hydrogen (secondary N) is 2. The predicted octanol–water partition coefficient (Wildman–Crippen LogP) is 7.46. The van der Waals surface area contributed by atoms with Crippen LogP contribution in [0.5, 0.6) is 0 Å². The summed E-state index contributed by atoms with van der Waals surface area (Å²) in [5, 5.41) is 74.5. The van der Waals surface area contributed by atoms with E-state index in [2.05, 4.69) is 52.2 Å². The van der Waals surface area contributed by atoms with Crippen LogP contribution in [0, 0.1) is 92.7 Å². The molecule has 70 heavy (non-hydrogen) atoms. The first-order valence-corrected chi connectivity index (χ1v) is 28.0. The number of methoxy groups -OCH3 is 1. The Hall–Kier alpha value is -2.61. The Morgan fingerprint density at radius 3 is 1.40 bits per heavy atom. The molecule has 12 heteroatoms. The van der Waals surface area contributed by atoms with Gasteiger partial charge in [-0.25, -0.2) is 4.79 Å². The second kappa shape index (κ2) is 19.9. The topological polar surface area (TPSA) is 206 Å². The van der Waals surface area contributed by atoms with E-state index in [0.29, 0.717) is 44.1 Å². The van der Waals surface area contributed by atoms with Crippen LogP contribution in [-0.2, 0) is 27.4 Å². The summed E-state index contributed by atoms with van der Waals surface area (Å²) in [6.45, 7) is 14.1. The summed E-state index contributed by atoms with van der Waals surface area (Å²) in [6, 6.07) is 5.35. The number of fused-ring (bicyclic) bond motifs is 10. The first-order valence-electron chi connectivity index (χ1n) is 28.0. The van der Waals surface area contributed by atoms with Gasteiger partial charge in [0.25, 0.3) is 0 Å². The van der Waals surface area contributed by atoms with Crippen molar-refractivity contribution >= 4 is 17.8 Å². The Kier molecular flexibility index (Phi) is 14.9. The predicted molar refractivity (Wildman–Crippen MR) is 266 cm³/mol. The number of aliphatic hydroxyl groups is 6. The number of esters is 1. The average Bonchev–Trinajstić information content (AvgIpc) is 3.88. The van der Waals surface area contributed by atoms with E-state index >= 15 is 0 Å². The van der Waals surface area contributed by atoms with E-state index in [1.807, 2.05) is 6.07 Å². The number of hydrogen-bond donors (Lipinski definition) is 8. The summed E-state index contributed by atoms with van der Waals surface area (Å²) >= 11 is 0. The molecule has 0 bridgehead atoms. The lowest BCUT2D eigenvalue weighted by Crippen LogP contribution is -2.62. The molecule has 8 fully saturated rings. The standard InChI is InChI=1S/C58H90N2O10/c1-31(40-10-12-42-52-44(27-48(65)57(40,42)5)55(3)18-16-38(61)23-36(55)25-46(52)63)8-14-50(67)59-29-33-20-34(22-35(21-33)54(69)70-7)30-60-51(68)15-9-32(2)41-11-13-43-53-45(28-49(66)58(41,43)6)56(4)19-17-39(62)24-37(56)26-47(53)64/h20-22,31-32,36-49,52-53,61-66H,8-19,23-30H2,1-7H3,(H,59,67)(H,60,68)/t31-,32-,36+,37+,38-,39-,40-,41-,42+,43+,44+,45+,46-,47-,48+,49+,52+,53+,55+,56+,57-,58-/m1/s1. The van der Waals surface area contributed by atoms with Gasteiger partial charge in [0.05, 0.1) is 49.3 Å². The molecule has 12 nitrogen and oxygen atoms in total. The Morgan fingerprint density at radius 1 is 0.586 bits per heavy atom. The second-order valence-corrected chi connectivity index (χ2v) is 26.2. The molecule has 22 atom stereocenters. The minimum absolute atomic E-state index is 0.0240. The number of hydrogen-bond acceptors (Lipinski definition) is 10. The van der Waals surface area contributed by atoms with Crippen LogP contribution in [0.2, 0.25) is 0 Å². The van der Waals surface area contributed by atoms with Crippen LogP contribution < -0.4 is 10.6 Å². The van der Waals surface area contributed by atoms with Crippen LogP contribution in [0.15, 0.2) is 18.2 Å². The third-order valence-corrected chi connectivity index (χ3v) is 23.1. The van der Waals surface area contributed by atoms with Crippen LogP contribution in [-0.4, -0.2) is 92.2 Å². The van der Waals surface area contributed by atoms with Gasteiger partial charge in [0.2, 0.25) is 11.8 Å². The van der Waals surface area contributed by atoms with Crippen LogP contribution in [0.3, 0.4) is 0 Å². The van der Waals surface area contributed by atoms with E-state index in [1.54, 1.807) is 12.1 Å². The first kappa shape index (κ1) is 52.3. The molecule has 392 valence electrons. The molecule has 0 saturated heterocycles. The highest BCUT2D eigenvalue weighted by Gasteiger charge is 2.67. The maximum atomic E-state index is 13.5. The summed E-state index contributed by atoms with van der Waals surface area (Å²) in [7, 11) is 1.33. The Balaban J connectivity index is 0.762. The molecule has 8 aliphatic rings. The van der Waals surface area contributed by atoms with Crippen LogP contribution >= 0.6 is 0 Å². The normalized spacial score (nSPS) is 45.9. The fourth-order valence-corrected chi connectivity index (χ4v) is 19.2. The van der Waals surface area contributed by atoms with Crippen molar-refractivity contribution in [2.24, 2.45) is 92.7 Å². The van der Waals surface area contributed by atoms with Crippen molar-refractivity contribution in [3.05, 3.63) is 34.9 Å². The van der Waals surface area contributed by atoms with Gasteiger partial charge < -0.3 is 46.0 Å². The van der Waals surface area contributed by atoms with E-state index < -0.39 is 30.4 Å². The number of amides is 2. The van der Waals surface area contributed by atoms with Crippen molar-refractivity contribution in [1.82, 2.24) is 10.6 Å². The monoisotopic (exact) mass is 975 g/mol. The number of carbonyl (C=O) groups is 3. The van der Waals surface area contributed by atoms with Gasteiger partial charge in [-0.2, -0.15) is 0 Å². The van der Waals surface area contributed by atoms with Crippen LogP contribution in [0.1, 0.15) is 179 Å². The SMILES string of the molecule is COC(=O)c1cc(CNC(=O)CC[C@@H](C)[C@H]2CC[C@H]3[C@@H]4[C@H](O)C[C@@H]5C[C@H](O)CC[C@]5(C)[C@H]4C[C@H](O)[C@]23C)cc(CNC(=O)CC[C@@H](C)[C@H]2CC[C@H]3[C@@H]4[C@H](O)C[C@@H]5C[C@H](O)CC[C@]5(C)[C@H]4C[C@H](O)[C@]23C)c1. The van der Waals surface area contributed by atoms with E-state index in [9.17, 15) is 45.0 Å². The number of benzene rings is 1. The maximum Gasteiger partial charge on any atom is 0.337 e. The summed E-state index contributed by atoms with van der Waals surface area (Å²) < 4.78 is 5.07. The van der Waals surface area contributed by atoms with E-state index in [0.717, 1.165) is 88.2 Å². The highest BCUT2D eigenvalue weighted by atomic mass is 16.5. The van der Waals surface area contributed by atoms with Gasteiger partial charge in [-0.05, 0) is 219 Å². The number of ether oxygens (including phenoxy) is 1. The van der Waals surface area contributed by atoms with Gasteiger partial charge >= 0.3 is 5.97 Å². The first-order chi connectivity index (χ1) is 33.1. The number of rotatable bonds is 13. The molecule has 2 amide bonds. The Labute approximate surface area is 418 Å². The highest BCUT2D eigenvalue weighted by molar-refractivity contribution is 5.90. The van der Waals surface area contributed by atoms with E-state index in [1.165, 1.54) is 7.11 Å². The lowest BCUT2D eigenvalue weighted by molar-refractivity contribution is -0.207. The third-order valence-electron chi connectivity index (χ3n) is 23.1. The van der Waals surface area contributed by atoms with E-state index in [4.69, 9.17) is 4.74 Å². The zero-order chi connectivity index (χ0) is 50.2. The van der Waals surface area contributed by atoms with Crippen LogP contribution in [0.25, 0.3) is 0 Å². The zero-order valence-electron chi connectivity index (χ0n) is 43.6. The minimum atomic E-state index is -0.498. The molecule has 0 spiro atoms. The Bertz CT molecular complexity index is 1950. The van der Waals surface area contributed by atoms with Gasteiger partial charge in [0.1, 0.15) is 0 Å². The third kappa shape index (κ3) is 9.02. The zero-order valence-corrected chi connectivity index (χ0v) is 43.6. The van der Waals surface area contributed by atoms with Crippen molar-refractivity contribution < 1.29 is 49.8 Å². The molecule has 0 aromatic heterocycles. The van der Waals surface area contributed by atoms with Gasteiger partial charge in [-0.3, -0.25) is 9.59 Å². The molecular formula is C58H90N2O10. The fourth-order valence-electron chi connectivity index (χ4n) is 19.2. The molecule has 9 rings (SSSR count). The van der Waals surface area contributed by atoms with Crippen molar-refractivity contribution in [3.63, 3.8) is 0 Å². The van der Waals surface area contributed by atoms with E-state index in [-0.39, 0.29) is 130 Å². The summed E-state index contributed by atoms with van der Waals surface area (Å²) in [6.07, 6.45) is 11.3. The van der Waals surface area contributed by atoms with Gasteiger partial charge in [-0.15, -0.1) is 0 Å². The van der Waals surface area contributed by atoms with Crippen molar-refractivity contribution in [2.75, 3.05) is 7.11 Å². The smallest absolute Gasteiger partial charge is 0.337 e. The molecule has 0 aliphatic heterocycles. The van der Waals surface area contributed by atoms with Crippen molar-refractivity contribution in [3.8, 4) is 0 Å². The number of aliphatic hydroxyl groups excluding tert-OH is 6. The largest absolute Gasteiger partial charge is 0.465 e. The lowest BCUT2D eigenvalue weighted by Gasteiger charge is -2.63. The minimum Gasteiger partial charge on any atom is -0.465 e. The van der Waals surface area contributed by atoms with Gasteiger partial charge in [0, 0.05) is 25.9 Å². The molecule has 0 radical (unpaired) electrons. The molecule has 8 N–H and O–H groups in total.